The Morgan fingerprint density at radius 2 is 2.19 bits per heavy atom. The van der Waals surface area contributed by atoms with Gasteiger partial charge in [0.05, 0.1) is 6.54 Å². The zero-order valence-corrected chi connectivity index (χ0v) is 16.2. The first-order chi connectivity index (χ1) is 9.78. The average molecular weight is 468 g/mol. The van der Waals surface area contributed by atoms with Gasteiger partial charge in [-0.3, -0.25) is 4.99 Å². The molecule has 0 bridgehead atoms. The van der Waals surface area contributed by atoms with E-state index in [0.717, 1.165) is 41.7 Å². The molecular weight excluding hydrogens is 445 g/mol. The summed E-state index contributed by atoms with van der Waals surface area (Å²) in [5, 5.41) is 6.54. The minimum atomic E-state index is 0. The average Bonchev–Trinajstić information content (AvgIpc) is 3.25. The van der Waals surface area contributed by atoms with Gasteiger partial charge in [-0.15, -0.1) is 24.0 Å². The molecule has 0 spiro atoms. The van der Waals surface area contributed by atoms with Gasteiger partial charge >= 0.3 is 0 Å². The summed E-state index contributed by atoms with van der Waals surface area (Å²) in [5.74, 6) is 2.57. The lowest BCUT2D eigenvalue weighted by Crippen LogP contribution is -2.39. The highest BCUT2D eigenvalue weighted by molar-refractivity contribution is 14.0. The van der Waals surface area contributed by atoms with Crippen molar-refractivity contribution in [2.45, 2.75) is 19.8 Å². The molecule has 1 aliphatic rings. The molecule has 1 saturated carbocycles. The summed E-state index contributed by atoms with van der Waals surface area (Å²) >= 11 is 3.43. The molecule has 4 nitrogen and oxygen atoms in total. The molecule has 0 unspecified atom stereocenters. The number of ether oxygens (including phenoxy) is 1. The zero-order chi connectivity index (χ0) is 14.2. The molecular formula is C15H23BrIN3O. The molecule has 0 heterocycles. The number of aliphatic imine (C=N–C) groups is 1. The van der Waals surface area contributed by atoms with E-state index in [1.54, 1.807) is 0 Å². The van der Waals surface area contributed by atoms with Crippen LogP contribution in [0.25, 0.3) is 0 Å². The fourth-order valence-electron chi connectivity index (χ4n) is 1.76. The van der Waals surface area contributed by atoms with Gasteiger partial charge in [0, 0.05) is 17.6 Å². The van der Waals surface area contributed by atoms with E-state index in [1.807, 2.05) is 24.3 Å². The first-order valence-corrected chi connectivity index (χ1v) is 7.97. The smallest absolute Gasteiger partial charge is 0.191 e. The second-order valence-corrected chi connectivity index (χ2v) is 5.81. The van der Waals surface area contributed by atoms with E-state index in [0.29, 0.717) is 6.61 Å². The van der Waals surface area contributed by atoms with Gasteiger partial charge < -0.3 is 15.4 Å². The van der Waals surface area contributed by atoms with E-state index in [4.69, 9.17) is 4.74 Å². The quantitative estimate of drug-likeness (QED) is 0.279. The highest BCUT2D eigenvalue weighted by Gasteiger charge is 2.20. The van der Waals surface area contributed by atoms with Crippen molar-refractivity contribution >= 4 is 45.9 Å². The SMILES string of the molecule is CCNC(=NCC1CC1)NCCOc1cccc(Br)c1.I. The van der Waals surface area contributed by atoms with Crippen LogP contribution in [0.1, 0.15) is 19.8 Å². The molecule has 0 atom stereocenters. The van der Waals surface area contributed by atoms with Gasteiger partial charge in [-0.1, -0.05) is 22.0 Å². The number of guanidine groups is 1. The van der Waals surface area contributed by atoms with Crippen LogP contribution in [-0.4, -0.2) is 32.2 Å². The normalized spacial score (nSPS) is 14.3. The Bertz CT molecular complexity index is 452. The molecule has 2 rings (SSSR count). The summed E-state index contributed by atoms with van der Waals surface area (Å²) in [6.45, 7) is 5.24. The van der Waals surface area contributed by atoms with Crippen molar-refractivity contribution in [2.75, 3.05) is 26.2 Å². The molecule has 0 aromatic heterocycles. The lowest BCUT2D eigenvalue weighted by Gasteiger charge is -2.12. The number of hydrogen-bond acceptors (Lipinski definition) is 2. The highest BCUT2D eigenvalue weighted by atomic mass is 127. The van der Waals surface area contributed by atoms with Crippen molar-refractivity contribution in [3.8, 4) is 5.75 Å². The van der Waals surface area contributed by atoms with Crippen LogP contribution in [0.4, 0.5) is 0 Å². The predicted molar refractivity (Wildman–Crippen MR) is 102 cm³/mol. The van der Waals surface area contributed by atoms with E-state index in [1.165, 1.54) is 12.8 Å². The van der Waals surface area contributed by atoms with Crippen molar-refractivity contribution in [3.63, 3.8) is 0 Å². The minimum absolute atomic E-state index is 0. The summed E-state index contributed by atoms with van der Waals surface area (Å²) in [6, 6.07) is 7.87. The molecule has 2 N–H and O–H groups in total. The molecule has 0 aliphatic heterocycles. The first-order valence-electron chi connectivity index (χ1n) is 7.18. The Labute approximate surface area is 152 Å². The lowest BCUT2D eigenvalue weighted by atomic mass is 10.3. The molecule has 0 radical (unpaired) electrons. The second kappa shape index (κ2) is 10.3. The van der Waals surface area contributed by atoms with E-state index in [2.05, 4.69) is 38.5 Å². The molecule has 21 heavy (non-hydrogen) atoms. The molecule has 1 fully saturated rings. The fraction of sp³-hybridized carbons (Fsp3) is 0.533. The van der Waals surface area contributed by atoms with Crippen LogP contribution in [0.15, 0.2) is 33.7 Å². The van der Waals surface area contributed by atoms with Gasteiger partial charge in [-0.2, -0.15) is 0 Å². The second-order valence-electron chi connectivity index (χ2n) is 4.90. The van der Waals surface area contributed by atoms with Crippen LogP contribution < -0.4 is 15.4 Å². The van der Waals surface area contributed by atoms with E-state index < -0.39 is 0 Å². The number of nitrogens with zero attached hydrogens (tertiary/aromatic N) is 1. The van der Waals surface area contributed by atoms with E-state index >= 15 is 0 Å². The summed E-state index contributed by atoms with van der Waals surface area (Å²) in [6.07, 6.45) is 2.66. The minimum Gasteiger partial charge on any atom is -0.492 e. The standard InChI is InChI=1S/C15H22BrN3O.HI/c1-2-17-15(19-11-12-6-7-12)18-8-9-20-14-5-3-4-13(16)10-14;/h3-5,10,12H,2,6-9,11H2,1H3,(H2,17,18,19);1H. The number of benzene rings is 1. The number of rotatable bonds is 7. The Balaban J connectivity index is 0.00000220. The maximum Gasteiger partial charge on any atom is 0.191 e. The largest absolute Gasteiger partial charge is 0.492 e. The van der Waals surface area contributed by atoms with Gasteiger partial charge in [0.2, 0.25) is 0 Å². The number of halogens is 2. The summed E-state index contributed by atoms with van der Waals surface area (Å²) in [7, 11) is 0. The van der Waals surface area contributed by atoms with Gasteiger partial charge in [0.25, 0.3) is 0 Å². The van der Waals surface area contributed by atoms with Crippen LogP contribution in [0.3, 0.4) is 0 Å². The van der Waals surface area contributed by atoms with Gasteiger partial charge in [0.1, 0.15) is 12.4 Å². The van der Waals surface area contributed by atoms with Crippen molar-refractivity contribution in [2.24, 2.45) is 10.9 Å². The topological polar surface area (TPSA) is 45.7 Å². The number of hydrogen-bond donors (Lipinski definition) is 2. The Morgan fingerprint density at radius 1 is 1.38 bits per heavy atom. The third-order valence-corrected chi connectivity index (χ3v) is 3.50. The maximum atomic E-state index is 5.68. The molecule has 6 heteroatoms. The summed E-state index contributed by atoms with van der Waals surface area (Å²) < 4.78 is 6.71. The molecule has 0 saturated heterocycles. The molecule has 1 aromatic carbocycles. The number of nitrogens with one attached hydrogen (secondary N) is 2. The molecule has 118 valence electrons. The Kier molecular flexibility index (Phi) is 9.07. The Hall–Kier alpha value is -0.500. The van der Waals surface area contributed by atoms with Crippen LogP contribution in [0.2, 0.25) is 0 Å². The van der Waals surface area contributed by atoms with Crippen LogP contribution >= 0.6 is 39.9 Å². The third-order valence-electron chi connectivity index (χ3n) is 3.01. The fourth-order valence-corrected chi connectivity index (χ4v) is 2.14. The van der Waals surface area contributed by atoms with E-state index in [9.17, 15) is 0 Å². The van der Waals surface area contributed by atoms with Crippen molar-refractivity contribution in [1.29, 1.82) is 0 Å². The first kappa shape index (κ1) is 18.5. The van der Waals surface area contributed by atoms with Crippen LogP contribution in [-0.2, 0) is 0 Å². The van der Waals surface area contributed by atoms with Gasteiger partial charge in [-0.25, -0.2) is 0 Å². The van der Waals surface area contributed by atoms with Crippen LogP contribution in [0, 0.1) is 5.92 Å². The zero-order valence-electron chi connectivity index (χ0n) is 12.3. The van der Waals surface area contributed by atoms with E-state index in [-0.39, 0.29) is 24.0 Å². The van der Waals surface area contributed by atoms with Crippen molar-refractivity contribution in [1.82, 2.24) is 10.6 Å². The summed E-state index contributed by atoms with van der Waals surface area (Å²) in [5.41, 5.74) is 0. The highest BCUT2D eigenvalue weighted by Crippen LogP contribution is 2.28. The Morgan fingerprint density at radius 3 is 2.86 bits per heavy atom. The lowest BCUT2D eigenvalue weighted by molar-refractivity contribution is 0.321. The predicted octanol–water partition coefficient (Wildman–Crippen LogP) is 3.41. The van der Waals surface area contributed by atoms with Gasteiger partial charge in [-0.05, 0) is 43.9 Å². The van der Waals surface area contributed by atoms with Crippen LogP contribution in [0.5, 0.6) is 5.75 Å². The molecule has 1 aliphatic carbocycles. The monoisotopic (exact) mass is 467 g/mol. The maximum absolute atomic E-state index is 5.68. The third kappa shape index (κ3) is 7.90. The van der Waals surface area contributed by atoms with Gasteiger partial charge in [0.15, 0.2) is 5.96 Å². The van der Waals surface area contributed by atoms with Crippen molar-refractivity contribution in [3.05, 3.63) is 28.7 Å². The molecule has 1 aromatic rings. The summed E-state index contributed by atoms with van der Waals surface area (Å²) in [4.78, 5) is 4.57. The van der Waals surface area contributed by atoms with Crippen molar-refractivity contribution < 1.29 is 4.74 Å². The molecule has 0 amide bonds.